The number of aromatic nitrogens is 2. The van der Waals surface area contributed by atoms with E-state index in [-0.39, 0.29) is 6.04 Å². The van der Waals surface area contributed by atoms with Crippen molar-refractivity contribution in [2.75, 3.05) is 13.1 Å². The summed E-state index contributed by atoms with van der Waals surface area (Å²) in [7, 11) is 0. The maximum absolute atomic E-state index is 5.90. The molecule has 88 valence electrons. The number of rotatable bonds is 6. The Morgan fingerprint density at radius 3 is 2.88 bits per heavy atom. The number of hydrogen-bond donors (Lipinski definition) is 1. The fraction of sp³-hybridized carbons (Fsp3) is 0.667. The Hall–Kier alpha value is -1.00. The first-order chi connectivity index (χ1) is 7.86. The van der Waals surface area contributed by atoms with Gasteiger partial charge in [-0.15, -0.1) is 0 Å². The molecule has 1 aliphatic rings. The van der Waals surface area contributed by atoms with Crippen LogP contribution in [0.3, 0.4) is 0 Å². The fourth-order valence-electron chi connectivity index (χ4n) is 2.18. The minimum atomic E-state index is 0.260. The maximum atomic E-state index is 5.90. The molecule has 0 radical (unpaired) electrons. The van der Waals surface area contributed by atoms with Crippen LogP contribution in [0, 0.1) is 0 Å². The van der Waals surface area contributed by atoms with Gasteiger partial charge in [0.05, 0.1) is 11.7 Å². The van der Waals surface area contributed by atoms with Crippen LogP contribution in [0.2, 0.25) is 0 Å². The van der Waals surface area contributed by atoms with Crippen molar-refractivity contribution >= 4 is 0 Å². The Morgan fingerprint density at radius 2 is 2.38 bits per heavy atom. The molecule has 1 aliphatic carbocycles. The third-order valence-electron chi connectivity index (χ3n) is 3.07. The first kappa shape index (κ1) is 11.5. The zero-order chi connectivity index (χ0) is 11.4. The Labute approximate surface area is 96.9 Å². The molecule has 1 unspecified atom stereocenters. The highest BCUT2D eigenvalue weighted by atomic mass is 15.2. The van der Waals surface area contributed by atoms with Crippen molar-refractivity contribution in [3.8, 4) is 0 Å². The molecule has 1 saturated carbocycles. The van der Waals surface area contributed by atoms with Gasteiger partial charge < -0.3 is 5.73 Å². The molecule has 2 rings (SSSR count). The van der Waals surface area contributed by atoms with Crippen molar-refractivity contribution in [2.45, 2.75) is 38.3 Å². The van der Waals surface area contributed by atoms with Crippen molar-refractivity contribution in [2.24, 2.45) is 5.73 Å². The topological polar surface area (TPSA) is 55.0 Å². The molecule has 1 fully saturated rings. The Kier molecular flexibility index (Phi) is 3.85. The van der Waals surface area contributed by atoms with Gasteiger partial charge in [-0.3, -0.25) is 4.90 Å². The van der Waals surface area contributed by atoms with E-state index in [1.165, 1.54) is 12.8 Å². The predicted molar refractivity (Wildman–Crippen MR) is 63.8 cm³/mol. The fourth-order valence-corrected chi connectivity index (χ4v) is 2.18. The Balaban J connectivity index is 2.13. The minimum Gasteiger partial charge on any atom is -0.329 e. The van der Waals surface area contributed by atoms with Crippen LogP contribution in [0.25, 0.3) is 0 Å². The van der Waals surface area contributed by atoms with Gasteiger partial charge in [0, 0.05) is 18.8 Å². The highest BCUT2D eigenvalue weighted by Gasteiger charge is 2.33. The second-order valence-electron chi connectivity index (χ2n) is 4.35. The molecule has 1 heterocycles. The summed E-state index contributed by atoms with van der Waals surface area (Å²) in [6, 6.07) is 2.96. The predicted octanol–water partition coefficient (Wildman–Crippen LogP) is 1.35. The van der Waals surface area contributed by atoms with Gasteiger partial charge in [0.15, 0.2) is 0 Å². The second kappa shape index (κ2) is 5.37. The van der Waals surface area contributed by atoms with Crippen LogP contribution in [-0.4, -0.2) is 34.0 Å². The van der Waals surface area contributed by atoms with Gasteiger partial charge >= 0.3 is 0 Å². The summed E-state index contributed by atoms with van der Waals surface area (Å²) < 4.78 is 0. The summed E-state index contributed by atoms with van der Waals surface area (Å²) in [6.45, 7) is 3.95. The van der Waals surface area contributed by atoms with Gasteiger partial charge in [-0.1, -0.05) is 6.92 Å². The molecule has 1 atom stereocenters. The third kappa shape index (κ3) is 2.57. The molecule has 0 amide bonds. The van der Waals surface area contributed by atoms with E-state index in [1.54, 1.807) is 12.5 Å². The molecule has 0 saturated heterocycles. The Bertz CT molecular complexity index is 310. The average molecular weight is 220 g/mol. The van der Waals surface area contributed by atoms with Gasteiger partial charge in [-0.2, -0.15) is 0 Å². The third-order valence-corrected chi connectivity index (χ3v) is 3.07. The molecular formula is C12H20N4. The SMILES string of the molecule is CCCN(C1CC1)C(CN)c1ccncn1. The molecule has 0 bridgehead atoms. The van der Waals surface area contributed by atoms with Crippen LogP contribution in [-0.2, 0) is 0 Å². The quantitative estimate of drug-likeness (QED) is 0.786. The van der Waals surface area contributed by atoms with E-state index in [0.717, 1.165) is 24.7 Å². The molecule has 4 nitrogen and oxygen atoms in total. The van der Waals surface area contributed by atoms with Crippen LogP contribution in [0.1, 0.15) is 37.9 Å². The molecule has 1 aromatic heterocycles. The Morgan fingerprint density at radius 1 is 1.56 bits per heavy atom. The van der Waals surface area contributed by atoms with Gasteiger partial charge in [0.1, 0.15) is 6.33 Å². The minimum absolute atomic E-state index is 0.260. The summed E-state index contributed by atoms with van der Waals surface area (Å²) in [5.41, 5.74) is 6.95. The van der Waals surface area contributed by atoms with E-state index in [4.69, 9.17) is 5.73 Å². The lowest BCUT2D eigenvalue weighted by atomic mass is 10.1. The van der Waals surface area contributed by atoms with Crippen LogP contribution in [0.15, 0.2) is 18.6 Å². The molecular weight excluding hydrogens is 200 g/mol. The van der Waals surface area contributed by atoms with Crippen molar-refractivity contribution in [3.63, 3.8) is 0 Å². The lowest BCUT2D eigenvalue weighted by molar-refractivity contribution is 0.188. The smallest absolute Gasteiger partial charge is 0.115 e. The number of nitrogens with zero attached hydrogens (tertiary/aromatic N) is 3. The lowest BCUT2D eigenvalue weighted by Crippen LogP contribution is -2.36. The van der Waals surface area contributed by atoms with Gasteiger partial charge in [0.25, 0.3) is 0 Å². The van der Waals surface area contributed by atoms with Crippen LogP contribution < -0.4 is 5.73 Å². The highest BCUT2D eigenvalue weighted by molar-refractivity contribution is 5.07. The molecule has 0 aromatic carbocycles. The normalized spacial score (nSPS) is 17.7. The van der Waals surface area contributed by atoms with Crippen molar-refractivity contribution < 1.29 is 0 Å². The van der Waals surface area contributed by atoms with E-state index in [1.807, 2.05) is 6.07 Å². The number of nitrogens with two attached hydrogens (primary N) is 1. The maximum Gasteiger partial charge on any atom is 0.115 e. The van der Waals surface area contributed by atoms with Crippen molar-refractivity contribution in [3.05, 3.63) is 24.3 Å². The van der Waals surface area contributed by atoms with Gasteiger partial charge in [-0.25, -0.2) is 9.97 Å². The van der Waals surface area contributed by atoms with E-state index >= 15 is 0 Å². The summed E-state index contributed by atoms with van der Waals surface area (Å²) >= 11 is 0. The van der Waals surface area contributed by atoms with Gasteiger partial charge in [-0.05, 0) is 31.9 Å². The molecule has 1 aromatic rings. The first-order valence-electron chi connectivity index (χ1n) is 6.08. The van der Waals surface area contributed by atoms with Crippen molar-refractivity contribution in [1.82, 2.24) is 14.9 Å². The number of hydrogen-bond acceptors (Lipinski definition) is 4. The largest absolute Gasteiger partial charge is 0.329 e. The summed E-state index contributed by atoms with van der Waals surface area (Å²) in [6.07, 6.45) is 7.18. The summed E-state index contributed by atoms with van der Waals surface area (Å²) in [4.78, 5) is 10.8. The second-order valence-corrected chi connectivity index (χ2v) is 4.35. The van der Waals surface area contributed by atoms with Gasteiger partial charge in [0.2, 0.25) is 0 Å². The molecule has 2 N–H and O–H groups in total. The van der Waals surface area contributed by atoms with E-state index in [9.17, 15) is 0 Å². The average Bonchev–Trinajstić information content (AvgIpc) is 3.14. The molecule has 4 heteroatoms. The standard InChI is InChI=1S/C12H20N4/c1-2-7-16(10-3-4-10)12(8-13)11-5-6-14-9-15-11/h5-6,9-10,12H,2-4,7-8,13H2,1H3. The van der Waals surface area contributed by atoms with E-state index in [0.29, 0.717) is 6.54 Å². The van der Waals surface area contributed by atoms with E-state index in [2.05, 4.69) is 21.8 Å². The van der Waals surface area contributed by atoms with Crippen molar-refractivity contribution in [1.29, 1.82) is 0 Å². The van der Waals surface area contributed by atoms with E-state index < -0.39 is 0 Å². The molecule has 16 heavy (non-hydrogen) atoms. The molecule has 0 aliphatic heterocycles. The highest BCUT2D eigenvalue weighted by Crippen LogP contribution is 2.33. The van der Waals surface area contributed by atoms with Crippen LogP contribution in [0.4, 0.5) is 0 Å². The molecule has 0 spiro atoms. The van der Waals surface area contributed by atoms with Crippen LogP contribution >= 0.6 is 0 Å². The first-order valence-corrected chi connectivity index (χ1v) is 6.08. The monoisotopic (exact) mass is 220 g/mol. The lowest BCUT2D eigenvalue weighted by Gasteiger charge is -2.30. The zero-order valence-corrected chi connectivity index (χ0v) is 9.84. The summed E-state index contributed by atoms with van der Waals surface area (Å²) in [5.74, 6) is 0. The summed E-state index contributed by atoms with van der Waals surface area (Å²) in [5, 5.41) is 0. The zero-order valence-electron chi connectivity index (χ0n) is 9.84. The van der Waals surface area contributed by atoms with Crippen LogP contribution in [0.5, 0.6) is 0 Å².